The van der Waals surface area contributed by atoms with E-state index in [9.17, 15) is 10.2 Å². The molecule has 1 heterocycles. The van der Waals surface area contributed by atoms with Crippen LogP contribution in [0.4, 0.5) is 0 Å². The third kappa shape index (κ3) is 7.21. The third-order valence-corrected chi connectivity index (χ3v) is 6.14. The van der Waals surface area contributed by atoms with Crippen molar-refractivity contribution in [1.82, 2.24) is 0 Å². The van der Waals surface area contributed by atoms with E-state index in [0.29, 0.717) is 19.8 Å². The van der Waals surface area contributed by atoms with Crippen molar-refractivity contribution in [3.05, 3.63) is 108 Å². The summed E-state index contributed by atoms with van der Waals surface area (Å²) in [5.41, 5.74) is 3.04. The van der Waals surface area contributed by atoms with E-state index in [0.717, 1.165) is 16.7 Å². The zero-order valence-electron chi connectivity index (χ0n) is 20.0. The molecule has 1 aliphatic heterocycles. The Kier molecular flexibility index (Phi) is 9.42. The molecular weight excluding hydrogens is 444 g/mol. The van der Waals surface area contributed by atoms with Gasteiger partial charge in [-0.05, 0) is 23.6 Å². The van der Waals surface area contributed by atoms with Crippen molar-refractivity contribution in [2.45, 2.75) is 63.4 Å². The van der Waals surface area contributed by atoms with Gasteiger partial charge in [0.15, 0.2) is 0 Å². The summed E-state index contributed by atoms with van der Waals surface area (Å²) in [7, 11) is 0. The number of rotatable bonds is 11. The second kappa shape index (κ2) is 12.9. The van der Waals surface area contributed by atoms with E-state index in [1.54, 1.807) is 6.92 Å². The third-order valence-electron chi connectivity index (χ3n) is 6.14. The summed E-state index contributed by atoms with van der Waals surface area (Å²) in [6, 6.07) is 29.5. The molecule has 0 aliphatic carbocycles. The SMILES string of the molecule is C[C@H](O)[C@H]1O[C@@H](COCc2ccccc2)[C@@H](OCc2ccccc2)[C@H](OCc2ccccc2)[C@H]1O. The van der Waals surface area contributed by atoms with Crippen LogP contribution in [0, 0.1) is 0 Å². The molecule has 6 heteroatoms. The van der Waals surface area contributed by atoms with Crippen molar-refractivity contribution in [1.29, 1.82) is 0 Å². The highest BCUT2D eigenvalue weighted by molar-refractivity contribution is 5.15. The molecule has 0 spiro atoms. The standard InChI is InChI=1S/C29H34O6/c1-21(30)27-26(31)29(34-19-24-15-9-4-10-16-24)28(33-18-23-13-7-3-8-14-23)25(35-27)20-32-17-22-11-5-2-6-12-22/h2-16,21,25-31H,17-20H2,1H3/t21-,25-,26-,27+,28+,29+/m0/s1. The average molecular weight is 479 g/mol. The van der Waals surface area contributed by atoms with Gasteiger partial charge < -0.3 is 29.2 Å². The van der Waals surface area contributed by atoms with Crippen LogP contribution in [0.25, 0.3) is 0 Å². The van der Waals surface area contributed by atoms with E-state index in [-0.39, 0.29) is 6.61 Å². The zero-order chi connectivity index (χ0) is 24.5. The molecule has 1 aliphatic rings. The highest BCUT2D eigenvalue weighted by Gasteiger charge is 2.48. The van der Waals surface area contributed by atoms with Gasteiger partial charge in [-0.2, -0.15) is 0 Å². The van der Waals surface area contributed by atoms with Gasteiger partial charge in [0.2, 0.25) is 0 Å². The number of aliphatic hydroxyl groups is 2. The maximum atomic E-state index is 11.1. The van der Waals surface area contributed by atoms with E-state index >= 15 is 0 Å². The predicted molar refractivity (Wildman–Crippen MR) is 132 cm³/mol. The molecule has 3 aromatic carbocycles. The van der Waals surface area contributed by atoms with Crippen LogP contribution in [0.15, 0.2) is 91.0 Å². The molecule has 4 rings (SSSR count). The minimum Gasteiger partial charge on any atom is -0.391 e. The van der Waals surface area contributed by atoms with Gasteiger partial charge in [-0.3, -0.25) is 0 Å². The lowest BCUT2D eigenvalue weighted by atomic mass is 9.92. The van der Waals surface area contributed by atoms with Gasteiger partial charge in [0.25, 0.3) is 0 Å². The van der Waals surface area contributed by atoms with Crippen molar-refractivity contribution in [2.24, 2.45) is 0 Å². The summed E-state index contributed by atoms with van der Waals surface area (Å²) in [5, 5.41) is 21.5. The lowest BCUT2D eigenvalue weighted by molar-refractivity contribution is -0.274. The molecule has 0 bridgehead atoms. The van der Waals surface area contributed by atoms with E-state index in [1.807, 2.05) is 91.0 Å². The van der Waals surface area contributed by atoms with Gasteiger partial charge in [-0.1, -0.05) is 91.0 Å². The molecule has 0 amide bonds. The number of aliphatic hydroxyl groups excluding tert-OH is 2. The van der Waals surface area contributed by atoms with Crippen molar-refractivity contribution in [3.63, 3.8) is 0 Å². The Bertz CT molecular complexity index is 982. The van der Waals surface area contributed by atoms with Gasteiger partial charge >= 0.3 is 0 Å². The summed E-state index contributed by atoms with van der Waals surface area (Å²) in [4.78, 5) is 0. The van der Waals surface area contributed by atoms with Crippen LogP contribution in [-0.4, -0.2) is 53.4 Å². The quantitative estimate of drug-likeness (QED) is 0.436. The Labute approximate surface area is 207 Å². The topological polar surface area (TPSA) is 77.4 Å². The molecule has 2 N–H and O–H groups in total. The molecule has 0 unspecified atom stereocenters. The van der Waals surface area contributed by atoms with Crippen molar-refractivity contribution in [2.75, 3.05) is 6.61 Å². The Morgan fingerprint density at radius 1 is 0.714 bits per heavy atom. The number of hydrogen-bond acceptors (Lipinski definition) is 6. The molecule has 6 atom stereocenters. The van der Waals surface area contributed by atoms with Crippen molar-refractivity contribution in [3.8, 4) is 0 Å². The fourth-order valence-electron chi connectivity index (χ4n) is 4.28. The van der Waals surface area contributed by atoms with Crippen molar-refractivity contribution < 1.29 is 29.2 Å². The number of ether oxygens (including phenoxy) is 4. The Hall–Kier alpha value is -2.58. The molecule has 0 radical (unpaired) electrons. The maximum Gasteiger partial charge on any atom is 0.115 e. The molecule has 1 fully saturated rings. The number of hydrogen-bond donors (Lipinski definition) is 2. The van der Waals surface area contributed by atoms with E-state index in [1.165, 1.54) is 0 Å². The molecule has 186 valence electrons. The van der Waals surface area contributed by atoms with Crippen LogP contribution >= 0.6 is 0 Å². The molecule has 1 saturated heterocycles. The summed E-state index contributed by atoms with van der Waals surface area (Å²) in [5.74, 6) is 0. The summed E-state index contributed by atoms with van der Waals surface area (Å²) in [6.45, 7) is 2.90. The van der Waals surface area contributed by atoms with Crippen LogP contribution in [0.2, 0.25) is 0 Å². The van der Waals surface area contributed by atoms with E-state index < -0.39 is 36.6 Å². The van der Waals surface area contributed by atoms with E-state index in [4.69, 9.17) is 18.9 Å². The Morgan fingerprint density at radius 3 is 1.66 bits per heavy atom. The average Bonchev–Trinajstić information content (AvgIpc) is 2.89. The summed E-state index contributed by atoms with van der Waals surface area (Å²) in [6.07, 6.45) is -4.62. The second-order valence-corrected chi connectivity index (χ2v) is 8.89. The zero-order valence-corrected chi connectivity index (χ0v) is 20.0. The van der Waals surface area contributed by atoms with Crippen LogP contribution in [0.5, 0.6) is 0 Å². The first-order valence-electron chi connectivity index (χ1n) is 12.1. The maximum absolute atomic E-state index is 11.1. The Morgan fingerprint density at radius 2 is 1.17 bits per heavy atom. The molecule has 3 aromatic rings. The fourth-order valence-corrected chi connectivity index (χ4v) is 4.28. The first-order valence-corrected chi connectivity index (χ1v) is 12.1. The highest BCUT2D eigenvalue weighted by atomic mass is 16.6. The van der Waals surface area contributed by atoms with Gasteiger partial charge in [-0.15, -0.1) is 0 Å². The van der Waals surface area contributed by atoms with Crippen molar-refractivity contribution >= 4 is 0 Å². The normalized spacial score (nSPS) is 25.3. The van der Waals surface area contributed by atoms with Crippen LogP contribution in [-0.2, 0) is 38.8 Å². The van der Waals surface area contributed by atoms with Gasteiger partial charge in [0.1, 0.15) is 30.5 Å². The molecule has 0 aromatic heterocycles. The number of benzene rings is 3. The lowest BCUT2D eigenvalue weighted by Crippen LogP contribution is -2.62. The van der Waals surface area contributed by atoms with Gasteiger partial charge in [0, 0.05) is 0 Å². The molecule has 35 heavy (non-hydrogen) atoms. The van der Waals surface area contributed by atoms with Gasteiger partial charge in [0.05, 0.1) is 32.5 Å². The first-order chi connectivity index (χ1) is 17.1. The van der Waals surface area contributed by atoms with Crippen LogP contribution in [0.3, 0.4) is 0 Å². The Balaban J connectivity index is 1.51. The summed E-state index contributed by atoms with van der Waals surface area (Å²) >= 11 is 0. The minimum absolute atomic E-state index is 0.232. The molecule has 6 nitrogen and oxygen atoms in total. The lowest BCUT2D eigenvalue weighted by Gasteiger charge is -2.45. The first kappa shape index (κ1) is 25.5. The van der Waals surface area contributed by atoms with Gasteiger partial charge in [-0.25, -0.2) is 0 Å². The van der Waals surface area contributed by atoms with Crippen LogP contribution in [0.1, 0.15) is 23.6 Å². The molecule has 0 saturated carbocycles. The smallest absolute Gasteiger partial charge is 0.115 e. The fraction of sp³-hybridized carbons (Fsp3) is 0.379. The predicted octanol–water partition coefficient (Wildman–Crippen LogP) is 3.88. The second-order valence-electron chi connectivity index (χ2n) is 8.89. The van der Waals surface area contributed by atoms with Crippen LogP contribution < -0.4 is 0 Å². The van der Waals surface area contributed by atoms with E-state index in [2.05, 4.69) is 0 Å². The minimum atomic E-state index is -1.06. The largest absolute Gasteiger partial charge is 0.391 e. The molecular formula is C29H34O6. The monoisotopic (exact) mass is 478 g/mol. The highest BCUT2D eigenvalue weighted by Crippen LogP contribution is 2.29. The summed E-state index contributed by atoms with van der Waals surface area (Å²) < 4.78 is 24.7.